The zero-order valence-corrected chi connectivity index (χ0v) is 17.1. The van der Waals surface area contributed by atoms with Crippen LogP contribution in [0.2, 0.25) is 5.02 Å². The highest BCUT2D eigenvalue weighted by Crippen LogP contribution is 2.37. The summed E-state index contributed by atoms with van der Waals surface area (Å²) in [5, 5.41) is 0.531. The molecule has 1 aromatic heterocycles. The van der Waals surface area contributed by atoms with Crippen molar-refractivity contribution in [3.05, 3.63) is 77.2 Å². The largest absolute Gasteiger partial charge is 0.494 e. The summed E-state index contributed by atoms with van der Waals surface area (Å²) in [5.74, 6) is 2.75. The van der Waals surface area contributed by atoms with E-state index in [1.54, 1.807) is 23.3 Å². The minimum absolute atomic E-state index is 0.00297. The van der Waals surface area contributed by atoms with Crippen LogP contribution in [0, 0.1) is 0 Å². The first-order chi connectivity index (χ1) is 14.7. The van der Waals surface area contributed by atoms with Crippen molar-refractivity contribution in [2.24, 2.45) is 0 Å². The van der Waals surface area contributed by atoms with Crippen molar-refractivity contribution in [3.8, 4) is 17.2 Å². The summed E-state index contributed by atoms with van der Waals surface area (Å²) in [6.45, 7) is 1.34. The van der Waals surface area contributed by atoms with E-state index in [2.05, 4.69) is 0 Å². The lowest BCUT2D eigenvalue weighted by molar-refractivity contribution is -0.133. The van der Waals surface area contributed by atoms with Crippen molar-refractivity contribution in [1.82, 2.24) is 4.90 Å². The standard InChI is InChI=1S/C23H22ClNO5/c24-20-13-22-21(29-16-30-22)12-17(20)14-25(15-19-8-4-10-28-19)23(26)9-5-11-27-18-6-2-1-3-7-18/h1-4,6-8,10,12-13H,5,9,11,14-16H2. The van der Waals surface area contributed by atoms with Crippen molar-refractivity contribution in [2.75, 3.05) is 13.4 Å². The van der Waals surface area contributed by atoms with Gasteiger partial charge in [-0.1, -0.05) is 29.8 Å². The Labute approximate surface area is 179 Å². The van der Waals surface area contributed by atoms with Crippen molar-refractivity contribution in [2.45, 2.75) is 25.9 Å². The number of amides is 1. The molecule has 0 bridgehead atoms. The van der Waals surface area contributed by atoms with Crippen molar-refractivity contribution in [1.29, 1.82) is 0 Å². The number of carbonyl (C=O) groups excluding carboxylic acids is 1. The number of hydrogen-bond donors (Lipinski definition) is 0. The monoisotopic (exact) mass is 427 g/mol. The molecule has 2 aromatic carbocycles. The topological polar surface area (TPSA) is 61.1 Å². The first-order valence-corrected chi connectivity index (χ1v) is 10.1. The van der Waals surface area contributed by atoms with Gasteiger partial charge in [-0.15, -0.1) is 0 Å². The van der Waals surface area contributed by atoms with Gasteiger partial charge >= 0.3 is 0 Å². The highest BCUT2D eigenvalue weighted by molar-refractivity contribution is 6.31. The van der Waals surface area contributed by atoms with Gasteiger partial charge in [0, 0.05) is 24.1 Å². The summed E-state index contributed by atoms with van der Waals surface area (Å²) in [4.78, 5) is 14.7. The molecule has 6 nitrogen and oxygen atoms in total. The molecule has 1 aliphatic rings. The highest BCUT2D eigenvalue weighted by Gasteiger charge is 2.21. The normalized spacial score (nSPS) is 12.0. The first kappa shape index (κ1) is 20.2. The van der Waals surface area contributed by atoms with Gasteiger partial charge in [-0.05, 0) is 42.3 Å². The number of para-hydroxylation sites is 1. The van der Waals surface area contributed by atoms with Crippen molar-refractivity contribution >= 4 is 17.5 Å². The van der Waals surface area contributed by atoms with Crippen LogP contribution in [0.4, 0.5) is 0 Å². The molecule has 0 atom stereocenters. The van der Waals surface area contributed by atoms with Gasteiger partial charge in [0.15, 0.2) is 11.5 Å². The Bertz CT molecular complexity index is 975. The number of benzene rings is 2. The predicted molar refractivity (Wildman–Crippen MR) is 112 cm³/mol. The molecule has 7 heteroatoms. The molecule has 3 aromatic rings. The number of carbonyl (C=O) groups is 1. The van der Waals surface area contributed by atoms with Gasteiger partial charge < -0.3 is 23.5 Å². The van der Waals surface area contributed by atoms with Gasteiger partial charge in [0.2, 0.25) is 12.7 Å². The Balaban J connectivity index is 1.40. The lowest BCUT2D eigenvalue weighted by Gasteiger charge is -2.23. The van der Waals surface area contributed by atoms with E-state index in [0.29, 0.717) is 54.8 Å². The third-order valence-electron chi connectivity index (χ3n) is 4.73. The Kier molecular flexibility index (Phi) is 6.44. The Hall–Kier alpha value is -3.12. The number of furan rings is 1. The summed E-state index contributed by atoms with van der Waals surface area (Å²) in [6.07, 6.45) is 2.56. The van der Waals surface area contributed by atoms with E-state index in [9.17, 15) is 4.79 Å². The van der Waals surface area contributed by atoms with Crippen LogP contribution in [0.5, 0.6) is 17.2 Å². The van der Waals surface area contributed by atoms with Crippen LogP contribution in [0.3, 0.4) is 0 Å². The van der Waals surface area contributed by atoms with Crippen LogP contribution in [-0.2, 0) is 17.9 Å². The molecule has 0 spiro atoms. The summed E-state index contributed by atoms with van der Waals surface area (Å²) >= 11 is 6.42. The SMILES string of the molecule is O=C(CCCOc1ccccc1)N(Cc1ccco1)Cc1cc2c(cc1Cl)OCO2. The molecule has 0 unspecified atom stereocenters. The zero-order chi connectivity index (χ0) is 20.8. The lowest BCUT2D eigenvalue weighted by Crippen LogP contribution is -2.30. The number of hydrogen-bond acceptors (Lipinski definition) is 5. The highest BCUT2D eigenvalue weighted by atomic mass is 35.5. The quantitative estimate of drug-likeness (QED) is 0.447. The van der Waals surface area contributed by atoms with E-state index in [4.69, 9.17) is 30.2 Å². The van der Waals surface area contributed by atoms with E-state index >= 15 is 0 Å². The van der Waals surface area contributed by atoms with Gasteiger partial charge in [0.25, 0.3) is 0 Å². The summed E-state index contributed by atoms with van der Waals surface area (Å²) in [7, 11) is 0. The fourth-order valence-corrected chi connectivity index (χ4v) is 3.41. The molecule has 0 fully saturated rings. The van der Waals surface area contributed by atoms with E-state index in [0.717, 1.165) is 11.3 Å². The maximum absolute atomic E-state index is 13.0. The van der Waals surface area contributed by atoms with Gasteiger partial charge in [0.1, 0.15) is 11.5 Å². The maximum Gasteiger partial charge on any atom is 0.231 e. The van der Waals surface area contributed by atoms with Gasteiger partial charge in [-0.25, -0.2) is 0 Å². The molecule has 0 saturated heterocycles. The summed E-state index contributed by atoms with van der Waals surface area (Å²) in [5.41, 5.74) is 0.793. The van der Waals surface area contributed by atoms with E-state index in [1.165, 1.54) is 0 Å². The molecule has 0 aliphatic carbocycles. The molecule has 0 N–H and O–H groups in total. The summed E-state index contributed by atoms with van der Waals surface area (Å²) in [6, 6.07) is 16.8. The van der Waals surface area contributed by atoms with Crippen LogP contribution >= 0.6 is 11.6 Å². The minimum Gasteiger partial charge on any atom is -0.494 e. The number of fused-ring (bicyclic) bond motifs is 1. The molecule has 0 radical (unpaired) electrons. The maximum atomic E-state index is 13.0. The molecule has 4 rings (SSSR count). The van der Waals surface area contributed by atoms with Gasteiger partial charge in [0.05, 0.1) is 19.4 Å². The van der Waals surface area contributed by atoms with E-state index in [1.807, 2.05) is 42.5 Å². The zero-order valence-electron chi connectivity index (χ0n) is 16.4. The molecule has 2 heterocycles. The first-order valence-electron chi connectivity index (χ1n) is 9.75. The lowest BCUT2D eigenvalue weighted by atomic mass is 10.1. The number of nitrogens with zero attached hydrogens (tertiary/aromatic N) is 1. The number of ether oxygens (including phenoxy) is 3. The van der Waals surface area contributed by atoms with E-state index in [-0.39, 0.29) is 12.7 Å². The van der Waals surface area contributed by atoms with Crippen LogP contribution in [0.1, 0.15) is 24.2 Å². The van der Waals surface area contributed by atoms with Gasteiger partial charge in [-0.3, -0.25) is 4.79 Å². The molecule has 30 heavy (non-hydrogen) atoms. The minimum atomic E-state index is -0.00297. The van der Waals surface area contributed by atoms with Crippen LogP contribution in [0.15, 0.2) is 65.3 Å². The second-order valence-corrected chi connectivity index (χ2v) is 7.30. The smallest absolute Gasteiger partial charge is 0.231 e. The van der Waals surface area contributed by atoms with E-state index < -0.39 is 0 Å². The fourth-order valence-electron chi connectivity index (χ4n) is 3.20. The molecule has 0 saturated carbocycles. The Morgan fingerprint density at radius 3 is 2.60 bits per heavy atom. The number of halogens is 1. The Morgan fingerprint density at radius 2 is 1.83 bits per heavy atom. The second kappa shape index (κ2) is 9.59. The third kappa shape index (κ3) is 5.07. The van der Waals surface area contributed by atoms with Crippen molar-refractivity contribution in [3.63, 3.8) is 0 Å². The Morgan fingerprint density at radius 1 is 1.03 bits per heavy atom. The molecular formula is C23H22ClNO5. The van der Waals surface area contributed by atoms with Crippen LogP contribution in [-0.4, -0.2) is 24.2 Å². The third-order valence-corrected chi connectivity index (χ3v) is 5.08. The van der Waals surface area contributed by atoms with Crippen LogP contribution in [0.25, 0.3) is 0 Å². The fraction of sp³-hybridized carbons (Fsp3) is 0.261. The molecule has 1 amide bonds. The van der Waals surface area contributed by atoms with Crippen molar-refractivity contribution < 1.29 is 23.4 Å². The number of rotatable bonds is 9. The predicted octanol–water partition coefficient (Wildman–Crippen LogP) is 5.05. The summed E-state index contributed by atoms with van der Waals surface area (Å²) < 4.78 is 21.9. The average molecular weight is 428 g/mol. The molecule has 156 valence electrons. The second-order valence-electron chi connectivity index (χ2n) is 6.89. The molecular weight excluding hydrogens is 406 g/mol. The molecule has 1 aliphatic heterocycles. The van der Waals surface area contributed by atoms with Crippen LogP contribution < -0.4 is 14.2 Å². The van der Waals surface area contributed by atoms with Gasteiger partial charge in [-0.2, -0.15) is 0 Å². The average Bonchev–Trinajstić information content (AvgIpc) is 3.43.